The van der Waals surface area contributed by atoms with E-state index in [-0.39, 0.29) is 23.9 Å². The van der Waals surface area contributed by atoms with E-state index in [1.165, 1.54) is 0 Å². The Labute approximate surface area is 137 Å². The van der Waals surface area contributed by atoms with Gasteiger partial charge in [-0.25, -0.2) is 0 Å². The summed E-state index contributed by atoms with van der Waals surface area (Å²) in [7, 11) is 2.06. The third-order valence-electron chi connectivity index (χ3n) is 6.75. The Morgan fingerprint density at radius 3 is 2.83 bits per heavy atom. The summed E-state index contributed by atoms with van der Waals surface area (Å²) >= 11 is 0. The average Bonchev–Trinajstić information content (AvgIpc) is 2.89. The third-order valence-corrected chi connectivity index (χ3v) is 6.75. The highest BCUT2D eigenvalue weighted by molar-refractivity contribution is 5.60. The van der Waals surface area contributed by atoms with Crippen LogP contribution >= 0.6 is 0 Å². The molecule has 0 bridgehead atoms. The number of piperidine rings is 1. The maximum absolute atomic E-state index is 11.8. The molecular formula is C18H26N2O3. The van der Waals surface area contributed by atoms with Crippen molar-refractivity contribution in [2.24, 2.45) is 5.73 Å². The first-order chi connectivity index (χ1) is 10.8. The van der Waals surface area contributed by atoms with Crippen LogP contribution in [0.25, 0.3) is 0 Å². The van der Waals surface area contributed by atoms with E-state index in [0.29, 0.717) is 12.2 Å². The number of likely N-dealkylation sites (N-methyl/N-ethyl adjacent to an activating group) is 1. The van der Waals surface area contributed by atoms with Crippen LogP contribution in [0, 0.1) is 6.92 Å². The monoisotopic (exact) mass is 318 g/mol. The SMILES string of the molecule is Cc1ccc(O)c2c1[C@]13CCN(C)C(C)[C@]1(O)CCC(N)[C@@H]3O2. The molecular weight excluding hydrogens is 292 g/mol. The van der Waals surface area contributed by atoms with Gasteiger partial charge in [0.25, 0.3) is 0 Å². The molecule has 2 heterocycles. The smallest absolute Gasteiger partial charge is 0.165 e. The summed E-state index contributed by atoms with van der Waals surface area (Å²) in [6.45, 7) is 5.00. The van der Waals surface area contributed by atoms with Gasteiger partial charge in [-0.2, -0.15) is 0 Å². The summed E-state index contributed by atoms with van der Waals surface area (Å²) in [6, 6.07) is 3.48. The molecule has 2 aliphatic heterocycles. The molecule has 5 nitrogen and oxygen atoms in total. The number of phenolic OH excluding ortho intramolecular Hbond substituents is 1. The number of ether oxygens (including phenoxy) is 1. The van der Waals surface area contributed by atoms with Crippen molar-refractivity contribution in [2.75, 3.05) is 13.6 Å². The number of hydrogen-bond donors (Lipinski definition) is 3. The molecule has 2 fully saturated rings. The number of aromatic hydroxyl groups is 1. The van der Waals surface area contributed by atoms with Crippen LogP contribution in [-0.4, -0.2) is 52.5 Å². The molecule has 126 valence electrons. The number of rotatable bonds is 0. The zero-order valence-corrected chi connectivity index (χ0v) is 14.0. The number of benzene rings is 1. The van der Waals surface area contributed by atoms with Crippen LogP contribution in [0.1, 0.15) is 37.3 Å². The molecule has 4 N–H and O–H groups in total. The fraction of sp³-hybridized carbons (Fsp3) is 0.667. The number of nitrogens with two attached hydrogens (primary N) is 1. The van der Waals surface area contributed by atoms with E-state index in [9.17, 15) is 10.2 Å². The summed E-state index contributed by atoms with van der Waals surface area (Å²) in [5, 5.41) is 22.1. The Hall–Kier alpha value is -1.30. The van der Waals surface area contributed by atoms with Gasteiger partial charge in [-0.1, -0.05) is 6.07 Å². The summed E-state index contributed by atoms with van der Waals surface area (Å²) in [5.41, 5.74) is 7.01. The van der Waals surface area contributed by atoms with Crippen molar-refractivity contribution in [3.63, 3.8) is 0 Å². The molecule has 1 spiro atoms. The number of phenols is 1. The predicted octanol–water partition coefficient (Wildman–Crippen LogP) is 1.28. The maximum Gasteiger partial charge on any atom is 0.165 e. The first-order valence-corrected chi connectivity index (χ1v) is 8.51. The molecule has 1 aromatic carbocycles. The highest BCUT2D eigenvalue weighted by Crippen LogP contribution is 2.62. The second-order valence-electron chi connectivity index (χ2n) is 7.65. The summed E-state index contributed by atoms with van der Waals surface area (Å²) in [5.74, 6) is 0.679. The second-order valence-corrected chi connectivity index (χ2v) is 7.65. The first kappa shape index (κ1) is 15.2. The van der Waals surface area contributed by atoms with E-state index in [2.05, 4.69) is 18.9 Å². The Bertz CT molecular complexity index is 664. The van der Waals surface area contributed by atoms with E-state index < -0.39 is 11.0 Å². The summed E-state index contributed by atoms with van der Waals surface area (Å²) in [4.78, 5) is 2.22. The minimum Gasteiger partial charge on any atom is -0.504 e. The zero-order chi connectivity index (χ0) is 16.6. The number of aliphatic hydroxyl groups is 1. The Morgan fingerprint density at radius 2 is 2.09 bits per heavy atom. The highest BCUT2D eigenvalue weighted by Gasteiger charge is 2.69. The molecule has 1 saturated heterocycles. The van der Waals surface area contributed by atoms with Crippen molar-refractivity contribution in [3.05, 3.63) is 23.3 Å². The second kappa shape index (κ2) is 4.62. The number of fused-ring (bicyclic) bond motifs is 1. The molecule has 0 radical (unpaired) electrons. The molecule has 5 heteroatoms. The van der Waals surface area contributed by atoms with Crippen molar-refractivity contribution >= 4 is 0 Å². The molecule has 0 aromatic heterocycles. The van der Waals surface area contributed by atoms with Gasteiger partial charge in [0.2, 0.25) is 0 Å². The lowest BCUT2D eigenvalue weighted by atomic mass is 9.52. The highest BCUT2D eigenvalue weighted by atomic mass is 16.5. The maximum atomic E-state index is 11.8. The van der Waals surface area contributed by atoms with Crippen molar-refractivity contribution in [1.82, 2.24) is 4.90 Å². The molecule has 4 rings (SSSR count). The van der Waals surface area contributed by atoms with Gasteiger partial charge in [0.05, 0.1) is 11.0 Å². The molecule has 2 unspecified atom stereocenters. The normalized spacial score (nSPS) is 42.6. The average molecular weight is 318 g/mol. The van der Waals surface area contributed by atoms with Gasteiger partial charge in [0.1, 0.15) is 6.10 Å². The van der Waals surface area contributed by atoms with E-state index in [1.54, 1.807) is 6.07 Å². The minimum atomic E-state index is -0.898. The van der Waals surface area contributed by atoms with Gasteiger partial charge in [0, 0.05) is 17.6 Å². The Kier molecular flexibility index (Phi) is 3.06. The molecule has 5 atom stereocenters. The van der Waals surface area contributed by atoms with Crippen LogP contribution < -0.4 is 10.5 Å². The van der Waals surface area contributed by atoms with E-state index in [1.807, 2.05) is 13.0 Å². The van der Waals surface area contributed by atoms with Crippen LogP contribution in [0.2, 0.25) is 0 Å². The van der Waals surface area contributed by atoms with Crippen molar-refractivity contribution in [1.29, 1.82) is 0 Å². The Balaban J connectivity index is 2.00. The molecule has 1 aromatic rings. The first-order valence-electron chi connectivity index (χ1n) is 8.51. The van der Waals surface area contributed by atoms with Crippen LogP contribution in [0.4, 0.5) is 0 Å². The van der Waals surface area contributed by atoms with Crippen molar-refractivity contribution in [2.45, 2.75) is 62.3 Å². The Morgan fingerprint density at radius 1 is 1.35 bits per heavy atom. The predicted molar refractivity (Wildman–Crippen MR) is 87.8 cm³/mol. The van der Waals surface area contributed by atoms with Crippen molar-refractivity contribution in [3.8, 4) is 11.5 Å². The van der Waals surface area contributed by atoms with Crippen LogP contribution in [-0.2, 0) is 5.41 Å². The van der Waals surface area contributed by atoms with E-state index in [4.69, 9.17) is 10.5 Å². The van der Waals surface area contributed by atoms with Crippen LogP contribution in [0.3, 0.4) is 0 Å². The van der Waals surface area contributed by atoms with Gasteiger partial charge >= 0.3 is 0 Å². The molecule has 3 aliphatic rings. The number of hydrogen-bond acceptors (Lipinski definition) is 5. The standard InChI is InChI=1S/C18H26N2O3/c1-10-4-5-13(21)15-14(10)17-8-9-20(3)11(2)18(17,22)7-6-12(19)16(17)23-15/h4-5,11-12,16,21-22H,6-9,19H2,1-3H3/t11?,12?,16-,17-,18+/m0/s1. The fourth-order valence-corrected chi connectivity index (χ4v) is 5.37. The van der Waals surface area contributed by atoms with E-state index >= 15 is 0 Å². The quantitative estimate of drug-likeness (QED) is 0.671. The van der Waals surface area contributed by atoms with Crippen molar-refractivity contribution < 1.29 is 14.9 Å². The fourth-order valence-electron chi connectivity index (χ4n) is 5.37. The number of likely N-dealkylation sites (tertiary alicyclic amines) is 1. The molecule has 1 aliphatic carbocycles. The van der Waals surface area contributed by atoms with E-state index in [0.717, 1.165) is 30.5 Å². The number of aryl methyl sites for hydroxylation is 1. The largest absolute Gasteiger partial charge is 0.504 e. The van der Waals surface area contributed by atoms with Crippen LogP contribution in [0.15, 0.2) is 12.1 Å². The van der Waals surface area contributed by atoms with Gasteiger partial charge < -0.3 is 25.6 Å². The lowest BCUT2D eigenvalue weighted by Crippen LogP contribution is -2.74. The van der Waals surface area contributed by atoms with Gasteiger partial charge in [-0.3, -0.25) is 0 Å². The summed E-state index contributed by atoms with van der Waals surface area (Å²) in [6.07, 6.45) is 1.91. The number of nitrogens with zero attached hydrogens (tertiary/aromatic N) is 1. The lowest BCUT2D eigenvalue weighted by Gasteiger charge is -2.60. The zero-order valence-electron chi connectivity index (χ0n) is 14.0. The van der Waals surface area contributed by atoms with Gasteiger partial charge in [-0.05, 0) is 58.3 Å². The molecule has 1 saturated carbocycles. The molecule has 23 heavy (non-hydrogen) atoms. The van der Waals surface area contributed by atoms with Gasteiger partial charge in [-0.15, -0.1) is 0 Å². The lowest BCUT2D eigenvalue weighted by molar-refractivity contribution is -0.174. The summed E-state index contributed by atoms with van der Waals surface area (Å²) < 4.78 is 6.19. The third kappa shape index (κ3) is 1.63. The topological polar surface area (TPSA) is 79.0 Å². The minimum absolute atomic E-state index is 0.0162. The van der Waals surface area contributed by atoms with Crippen LogP contribution in [0.5, 0.6) is 11.5 Å². The molecule has 0 amide bonds. The van der Waals surface area contributed by atoms with Gasteiger partial charge in [0.15, 0.2) is 11.5 Å².